The summed E-state index contributed by atoms with van der Waals surface area (Å²) >= 11 is 4.82. The molecule has 2 heterocycles. The fourth-order valence-electron chi connectivity index (χ4n) is 1.27. The zero-order valence-corrected chi connectivity index (χ0v) is 10.3. The maximum absolute atomic E-state index is 4.36. The summed E-state index contributed by atoms with van der Waals surface area (Å²) in [4.78, 5) is 0. The molecule has 2 aromatic heterocycles. The Kier molecular flexibility index (Phi) is 2.64. The molecule has 0 aliphatic heterocycles. The van der Waals surface area contributed by atoms with Crippen molar-refractivity contribution in [2.45, 2.75) is 20.4 Å². The van der Waals surface area contributed by atoms with Crippen LogP contribution in [0.5, 0.6) is 0 Å². The average molecular weight is 273 g/mol. The van der Waals surface area contributed by atoms with Crippen LogP contribution in [0.15, 0.2) is 9.98 Å². The van der Waals surface area contributed by atoms with Gasteiger partial charge < -0.3 is 0 Å². The Bertz CT molecular complexity index is 448. The molecule has 14 heavy (non-hydrogen) atoms. The van der Waals surface area contributed by atoms with Crippen LogP contribution in [-0.2, 0) is 6.54 Å². The highest BCUT2D eigenvalue weighted by Crippen LogP contribution is 2.26. The highest BCUT2D eigenvalue weighted by Gasteiger charge is 2.11. The first-order valence-corrected chi connectivity index (χ1v) is 5.85. The highest BCUT2D eigenvalue weighted by atomic mass is 79.9. The maximum Gasteiger partial charge on any atom is 0.183 e. The molecule has 0 spiro atoms. The third-order valence-electron chi connectivity index (χ3n) is 1.82. The van der Waals surface area contributed by atoms with Gasteiger partial charge in [0, 0.05) is 6.54 Å². The summed E-state index contributed by atoms with van der Waals surface area (Å²) in [6.07, 6.45) is 0. The van der Waals surface area contributed by atoms with Gasteiger partial charge in [-0.2, -0.15) is 5.10 Å². The number of aryl methyl sites for hydroxylation is 2. The molecule has 0 aliphatic rings. The SMILES string of the molecule is CCn1nc(C)cc1-c1nnc(Br)s1. The molecule has 74 valence electrons. The normalized spacial score (nSPS) is 10.8. The number of rotatable bonds is 2. The van der Waals surface area contributed by atoms with Crippen molar-refractivity contribution in [1.29, 1.82) is 0 Å². The van der Waals surface area contributed by atoms with Crippen molar-refractivity contribution in [2.75, 3.05) is 0 Å². The molecule has 0 saturated heterocycles. The Balaban J connectivity index is 2.49. The quantitative estimate of drug-likeness (QED) is 0.844. The summed E-state index contributed by atoms with van der Waals surface area (Å²) < 4.78 is 2.73. The van der Waals surface area contributed by atoms with E-state index in [9.17, 15) is 0 Å². The van der Waals surface area contributed by atoms with Crippen LogP contribution >= 0.6 is 27.3 Å². The van der Waals surface area contributed by atoms with Gasteiger partial charge in [-0.3, -0.25) is 4.68 Å². The Morgan fingerprint density at radius 3 is 2.86 bits per heavy atom. The zero-order valence-electron chi connectivity index (χ0n) is 7.86. The van der Waals surface area contributed by atoms with E-state index in [2.05, 4.69) is 38.1 Å². The topological polar surface area (TPSA) is 43.6 Å². The Morgan fingerprint density at radius 1 is 1.50 bits per heavy atom. The van der Waals surface area contributed by atoms with Crippen LogP contribution in [-0.4, -0.2) is 20.0 Å². The molecule has 0 unspecified atom stereocenters. The van der Waals surface area contributed by atoms with Gasteiger partial charge >= 0.3 is 0 Å². The van der Waals surface area contributed by atoms with Gasteiger partial charge in [-0.25, -0.2) is 0 Å². The van der Waals surface area contributed by atoms with Crippen LogP contribution in [0.4, 0.5) is 0 Å². The highest BCUT2D eigenvalue weighted by molar-refractivity contribution is 9.11. The molecule has 0 saturated carbocycles. The van der Waals surface area contributed by atoms with Crippen LogP contribution in [0.1, 0.15) is 12.6 Å². The molecule has 0 radical (unpaired) electrons. The van der Waals surface area contributed by atoms with E-state index >= 15 is 0 Å². The van der Waals surface area contributed by atoms with Crippen molar-refractivity contribution in [1.82, 2.24) is 20.0 Å². The first-order valence-electron chi connectivity index (χ1n) is 4.24. The molecular formula is C8H9BrN4S. The smallest absolute Gasteiger partial charge is 0.183 e. The fourth-order valence-corrected chi connectivity index (χ4v) is 2.40. The molecule has 4 nitrogen and oxygen atoms in total. The lowest BCUT2D eigenvalue weighted by molar-refractivity contribution is 0.659. The molecule has 0 fully saturated rings. The maximum atomic E-state index is 4.36. The van der Waals surface area contributed by atoms with Crippen LogP contribution in [0.2, 0.25) is 0 Å². The molecule has 0 bridgehead atoms. The lowest BCUT2D eigenvalue weighted by atomic mass is 10.4. The standard InChI is InChI=1S/C8H9BrN4S/c1-3-13-6(4-5(2)12-13)7-10-11-8(9)14-7/h4H,3H2,1-2H3. The van der Waals surface area contributed by atoms with Crippen molar-refractivity contribution >= 4 is 27.3 Å². The molecule has 0 amide bonds. The molecule has 0 aromatic carbocycles. The minimum atomic E-state index is 0.800. The first kappa shape index (κ1) is 9.79. The van der Waals surface area contributed by atoms with Crippen molar-refractivity contribution in [2.24, 2.45) is 0 Å². The minimum absolute atomic E-state index is 0.800. The summed E-state index contributed by atoms with van der Waals surface area (Å²) in [6.45, 7) is 4.89. The fraction of sp³-hybridized carbons (Fsp3) is 0.375. The van der Waals surface area contributed by atoms with Crippen molar-refractivity contribution in [3.8, 4) is 10.7 Å². The van der Waals surface area contributed by atoms with Gasteiger partial charge in [0.25, 0.3) is 0 Å². The Hall–Kier alpha value is -0.750. The van der Waals surface area contributed by atoms with Gasteiger partial charge in [0.2, 0.25) is 0 Å². The van der Waals surface area contributed by atoms with Gasteiger partial charge in [0.05, 0.1) is 11.4 Å². The second kappa shape index (κ2) is 3.78. The van der Waals surface area contributed by atoms with E-state index in [0.29, 0.717) is 0 Å². The minimum Gasteiger partial charge on any atom is -0.262 e. The molecule has 2 aromatic rings. The summed E-state index contributed by atoms with van der Waals surface area (Å²) in [5.74, 6) is 0. The van der Waals surface area contributed by atoms with Gasteiger partial charge in [0.15, 0.2) is 8.92 Å². The van der Waals surface area contributed by atoms with Crippen LogP contribution in [0.25, 0.3) is 10.7 Å². The van der Waals surface area contributed by atoms with E-state index in [4.69, 9.17) is 0 Å². The molecule has 2 rings (SSSR count). The van der Waals surface area contributed by atoms with Gasteiger partial charge in [-0.1, -0.05) is 11.3 Å². The molecular weight excluding hydrogens is 264 g/mol. The molecule has 0 N–H and O–H groups in total. The largest absolute Gasteiger partial charge is 0.262 e. The van der Waals surface area contributed by atoms with Crippen LogP contribution in [0, 0.1) is 6.92 Å². The summed E-state index contributed by atoms with van der Waals surface area (Å²) in [5, 5.41) is 13.2. The average Bonchev–Trinajstić information content (AvgIpc) is 2.71. The predicted molar refractivity (Wildman–Crippen MR) is 59.2 cm³/mol. The number of hydrogen-bond acceptors (Lipinski definition) is 4. The van der Waals surface area contributed by atoms with Gasteiger partial charge in [0.1, 0.15) is 0 Å². The third-order valence-corrected chi connectivity index (χ3v) is 3.20. The second-order valence-corrected chi connectivity index (χ2v) is 5.10. The van der Waals surface area contributed by atoms with Crippen molar-refractivity contribution in [3.05, 3.63) is 15.7 Å². The Morgan fingerprint density at radius 2 is 2.29 bits per heavy atom. The second-order valence-electron chi connectivity index (χ2n) is 2.85. The summed E-state index contributed by atoms with van der Waals surface area (Å²) in [7, 11) is 0. The van der Waals surface area contributed by atoms with Crippen LogP contribution < -0.4 is 0 Å². The van der Waals surface area contributed by atoms with E-state index in [-0.39, 0.29) is 0 Å². The summed E-state index contributed by atoms with van der Waals surface area (Å²) in [6, 6.07) is 2.02. The summed E-state index contributed by atoms with van der Waals surface area (Å²) in [5.41, 5.74) is 2.04. The third kappa shape index (κ3) is 1.72. The van der Waals surface area contributed by atoms with Crippen LogP contribution in [0.3, 0.4) is 0 Å². The molecule has 6 heteroatoms. The number of halogens is 1. The lowest BCUT2D eigenvalue weighted by Gasteiger charge is -1.98. The van der Waals surface area contributed by atoms with E-state index < -0.39 is 0 Å². The molecule has 0 aliphatic carbocycles. The number of aromatic nitrogens is 4. The van der Waals surface area contributed by atoms with E-state index in [1.807, 2.05) is 17.7 Å². The monoisotopic (exact) mass is 272 g/mol. The first-order chi connectivity index (χ1) is 6.70. The number of hydrogen-bond donors (Lipinski definition) is 0. The van der Waals surface area contributed by atoms with E-state index in [1.165, 1.54) is 11.3 Å². The van der Waals surface area contributed by atoms with Gasteiger partial charge in [-0.15, -0.1) is 10.2 Å². The van der Waals surface area contributed by atoms with Gasteiger partial charge in [-0.05, 0) is 35.8 Å². The van der Waals surface area contributed by atoms with E-state index in [1.54, 1.807) is 0 Å². The Labute approximate surface area is 94.1 Å². The zero-order chi connectivity index (χ0) is 10.1. The van der Waals surface area contributed by atoms with E-state index in [0.717, 1.165) is 26.9 Å². The molecule has 0 atom stereocenters. The lowest BCUT2D eigenvalue weighted by Crippen LogP contribution is -1.98. The van der Waals surface area contributed by atoms with Crippen molar-refractivity contribution in [3.63, 3.8) is 0 Å². The predicted octanol–water partition coefficient (Wildman–Crippen LogP) is 2.49. The number of nitrogens with zero attached hydrogens (tertiary/aromatic N) is 4. The van der Waals surface area contributed by atoms with Crippen molar-refractivity contribution < 1.29 is 0 Å².